The first-order valence-electron chi connectivity index (χ1n) is 12.6. The van der Waals surface area contributed by atoms with Gasteiger partial charge in [-0.3, -0.25) is 9.59 Å². The van der Waals surface area contributed by atoms with E-state index in [4.69, 9.17) is 14.2 Å². The summed E-state index contributed by atoms with van der Waals surface area (Å²) in [6.45, 7) is 3.54. The van der Waals surface area contributed by atoms with Crippen LogP contribution in [0, 0.1) is 29.6 Å². The van der Waals surface area contributed by atoms with Gasteiger partial charge in [-0.1, -0.05) is 19.1 Å². The van der Waals surface area contributed by atoms with Gasteiger partial charge in [0.05, 0.1) is 54.3 Å². The second-order valence-electron chi connectivity index (χ2n) is 10.8. The van der Waals surface area contributed by atoms with Crippen molar-refractivity contribution in [2.45, 2.75) is 63.3 Å². The Labute approximate surface area is 213 Å². The summed E-state index contributed by atoms with van der Waals surface area (Å²) in [6.07, 6.45) is 1.85. The Hall–Kier alpha value is -2.79. The molecule has 1 saturated heterocycles. The zero-order chi connectivity index (χ0) is 26.8. The smallest absolute Gasteiger partial charge is 0.178 e. The predicted molar refractivity (Wildman–Crippen MR) is 127 cm³/mol. The zero-order valence-electron chi connectivity index (χ0n) is 20.9. The largest absolute Gasteiger partial charge is 0.511 e. The molecule has 0 spiro atoms. The first-order valence-corrected chi connectivity index (χ1v) is 12.6. The molecule has 37 heavy (non-hydrogen) atoms. The standard InChI is InChI=1S/C27H32O10/c1-11-7-17(36-12(2)22(11)29)37-16-9-27(34,10-28)8-14-19(16)26(33)21-20(24(14)31)23(30)13-5-4-6-15(35-3)18(13)25(21)32/h4-6,10-14,16-19,22,29,31,33-34H,7-9H2,1-3H3/t11?,12?,13?,14?,16?,17?,18?,19?,22?,27-/m0/s1. The van der Waals surface area contributed by atoms with Gasteiger partial charge >= 0.3 is 0 Å². The molecule has 0 bridgehead atoms. The molecule has 9 unspecified atom stereocenters. The topological polar surface area (TPSA) is 160 Å². The van der Waals surface area contributed by atoms with Crippen molar-refractivity contribution in [3.05, 3.63) is 46.7 Å². The van der Waals surface area contributed by atoms with Crippen LogP contribution in [0.15, 0.2) is 46.7 Å². The average molecular weight is 517 g/mol. The van der Waals surface area contributed by atoms with Gasteiger partial charge in [0.15, 0.2) is 24.1 Å². The monoisotopic (exact) mass is 516 g/mol. The third kappa shape index (κ3) is 3.98. The zero-order valence-corrected chi connectivity index (χ0v) is 20.9. The maximum absolute atomic E-state index is 13.7. The van der Waals surface area contributed by atoms with Gasteiger partial charge in [0, 0.05) is 18.8 Å². The molecule has 0 radical (unpaired) electrons. The van der Waals surface area contributed by atoms with E-state index in [0.29, 0.717) is 12.7 Å². The second kappa shape index (κ2) is 9.20. The molecule has 0 amide bonds. The molecule has 3 fully saturated rings. The first-order chi connectivity index (χ1) is 17.5. The summed E-state index contributed by atoms with van der Waals surface area (Å²) in [6, 6.07) is 0. The van der Waals surface area contributed by atoms with Gasteiger partial charge in [0.1, 0.15) is 22.9 Å². The van der Waals surface area contributed by atoms with Crippen molar-refractivity contribution in [3.8, 4) is 0 Å². The van der Waals surface area contributed by atoms with E-state index >= 15 is 0 Å². The number of fused-ring (bicyclic) bond motifs is 3. The third-order valence-corrected chi connectivity index (χ3v) is 8.49. The summed E-state index contributed by atoms with van der Waals surface area (Å²) in [7, 11) is 1.39. The number of hydrogen-bond donors (Lipinski definition) is 4. The number of allylic oxidation sites excluding steroid dienone is 7. The van der Waals surface area contributed by atoms with Crippen LogP contribution in [0.5, 0.6) is 0 Å². The van der Waals surface area contributed by atoms with Crippen LogP contribution in [-0.2, 0) is 28.6 Å². The van der Waals surface area contributed by atoms with Gasteiger partial charge in [-0.15, -0.1) is 0 Å². The number of carbonyl (C=O) groups is 3. The van der Waals surface area contributed by atoms with Crippen LogP contribution in [0.3, 0.4) is 0 Å². The SMILES string of the molecule is COC1=CC=CC2C(=O)C3=C(O)C4C[C@@](O)(C=O)CC(OC5CC(C)C(O)C(C)O5)C4C(O)=C3C(=O)C12. The predicted octanol–water partition coefficient (Wildman–Crippen LogP) is 1.58. The number of ketones is 2. The van der Waals surface area contributed by atoms with E-state index in [1.807, 2.05) is 6.92 Å². The van der Waals surface area contributed by atoms with Crippen LogP contribution in [0.25, 0.3) is 0 Å². The van der Waals surface area contributed by atoms with Crippen molar-refractivity contribution in [2.75, 3.05) is 7.11 Å². The van der Waals surface area contributed by atoms with Gasteiger partial charge in [-0.25, -0.2) is 0 Å². The Bertz CT molecular complexity index is 1140. The molecular weight excluding hydrogens is 484 g/mol. The van der Waals surface area contributed by atoms with E-state index in [1.54, 1.807) is 25.2 Å². The lowest BCUT2D eigenvalue weighted by molar-refractivity contribution is -0.265. The van der Waals surface area contributed by atoms with Crippen LogP contribution in [0.4, 0.5) is 0 Å². The number of rotatable bonds is 4. The maximum atomic E-state index is 13.7. The fourth-order valence-electron chi connectivity index (χ4n) is 6.57. The summed E-state index contributed by atoms with van der Waals surface area (Å²) in [4.78, 5) is 39.1. The summed E-state index contributed by atoms with van der Waals surface area (Å²) in [5.41, 5.74) is -2.47. The fraction of sp³-hybridized carbons (Fsp3) is 0.593. The molecule has 1 aliphatic heterocycles. The van der Waals surface area contributed by atoms with Crippen molar-refractivity contribution in [3.63, 3.8) is 0 Å². The van der Waals surface area contributed by atoms with Crippen LogP contribution in [-0.4, -0.2) is 75.6 Å². The van der Waals surface area contributed by atoms with E-state index in [1.165, 1.54) is 7.11 Å². The second-order valence-corrected chi connectivity index (χ2v) is 10.8. The molecule has 10 nitrogen and oxygen atoms in total. The lowest BCUT2D eigenvalue weighted by atomic mass is 9.60. The van der Waals surface area contributed by atoms with E-state index in [9.17, 15) is 34.8 Å². The summed E-state index contributed by atoms with van der Waals surface area (Å²) in [5, 5.41) is 44.1. The molecule has 200 valence electrons. The molecule has 5 rings (SSSR count). The molecule has 10 heteroatoms. The minimum absolute atomic E-state index is 0.163. The van der Waals surface area contributed by atoms with Crippen molar-refractivity contribution in [1.29, 1.82) is 0 Å². The van der Waals surface area contributed by atoms with Gasteiger partial charge < -0.3 is 39.4 Å². The average Bonchev–Trinajstić information content (AvgIpc) is 2.87. The Morgan fingerprint density at radius 3 is 2.46 bits per heavy atom. The lowest BCUT2D eigenvalue weighted by Gasteiger charge is -2.48. The summed E-state index contributed by atoms with van der Waals surface area (Å²) >= 11 is 0. The molecule has 4 aliphatic carbocycles. The van der Waals surface area contributed by atoms with Crippen molar-refractivity contribution < 1.29 is 49.0 Å². The molecule has 0 aromatic carbocycles. The normalized spacial score (nSPS) is 43.6. The van der Waals surface area contributed by atoms with Crippen molar-refractivity contribution in [1.82, 2.24) is 0 Å². The van der Waals surface area contributed by atoms with Gasteiger partial charge in [-0.2, -0.15) is 0 Å². The highest BCUT2D eigenvalue weighted by Gasteiger charge is 2.58. The lowest BCUT2D eigenvalue weighted by Crippen LogP contribution is -2.55. The Balaban J connectivity index is 1.57. The molecule has 10 atom stereocenters. The molecule has 2 saturated carbocycles. The van der Waals surface area contributed by atoms with Crippen LogP contribution >= 0.6 is 0 Å². The number of Topliss-reactive ketones (excluding diaryl/α,β-unsaturated/α-hetero) is 2. The van der Waals surface area contributed by atoms with Crippen LogP contribution < -0.4 is 0 Å². The van der Waals surface area contributed by atoms with Gasteiger partial charge in [0.2, 0.25) is 0 Å². The number of aliphatic hydroxyl groups excluding tert-OH is 3. The highest BCUT2D eigenvalue weighted by Crippen LogP contribution is 2.52. The Morgan fingerprint density at radius 2 is 1.81 bits per heavy atom. The van der Waals surface area contributed by atoms with Crippen molar-refractivity contribution >= 4 is 17.9 Å². The van der Waals surface area contributed by atoms with Crippen LogP contribution in [0.2, 0.25) is 0 Å². The van der Waals surface area contributed by atoms with Gasteiger partial charge in [-0.05, 0) is 25.3 Å². The van der Waals surface area contributed by atoms with E-state index in [0.717, 1.165) is 0 Å². The van der Waals surface area contributed by atoms with E-state index < -0.39 is 77.0 Å². The van der Waals surface area contributed by atoms with Crippen LogP contribution in [0.1, 0.15) is 33.1 Å². The number of carbonyl (C=O) groups excluding carboxylic acids is 3. The van der Waals surface area contributed by atoms with Crippen molar-refractivity contribution in [2.24, 2.45) is 29.6 Å². The molecule has 1 heterocycles. The number of hydrogen-bond acceptors (Lipinski definition) is 10. The maximum Gasteiger partial charge on any atom is 0.178 e. The molecule has 4 N–H and O–H groups in total. The minimum atomic E-state index is -1.90. The number of aliphatic hydroxyl groups is 4. The number of aldehydes is 1. The third-order valence-electron chi connectivity index (χ3n) is 8.49. The fourth-order valence-corrected chi connectivity index (χ4v) is 6.57. The van der Waals surface area contributed by atoms with E-state index in [-0.39, 0.29) is 35.7 Å². The highest BCUT2D eigenvalue weighted by molar-refractivity contribution is 6.21. The Morgan fingerprint density at radius 1 is 1.11 bits per heavy atom. The van der Waals surface area contributed by atoms with Gasteiger partial charge in [0.25, 0.3) is 0 Å². The number of methoxy groups -OCH3 is 1. The molecule has 0 aromatic rings. The molecule has 0 aromatic heterocycles. The molecule has 5 aliphatic rings. The summed E-state index contributed by atoms with van der Waals surface area (Å²) < 4.78 is 17.3. The summed E-state index contributed by atoms with van der Waals surface area (Å²) in [5.74, 6) is -5.82. The highest BCUT2D eigenvalue weighted by atomic mass is 16.7. The quantitative estimate of drug-likeness (QED) is 0.404. The minimum Gasteiger partial charge on any atom is -0.511 e. The first kappa shape index (κ1) is 25.8. The molecular formula is C27H32O10. The van der Waals surface area contributed by atoms with E-state index in [2.05, 4.69) is 0 Å². The Kier molecular flexibility index (Phi) is 6.42. The number of ether oxygens (including phenoxy) is 3.